The maximum Gasteiger partial charge on any atom is 0.276 e. The van der Waals surface area contributed by atoms with E-state index < -0.39 is 17.5 Å². The molecule has 4 aromatic rings. The smallest absolute Gasteiger partial charge is 0.276 e. The lowest BCUT2D eigenvalue weighted by atomic mass is 9.99. The Morgan fingerprint density at radius 1 is 0.975 bits per heavy atom. The van der Waals surface area contributed by atoms with Crippen LogP contribution in [0, 0.1) is 11.6 Å². The number of H-pyrrole nitrogens is 1. The van der Waals surface area contributed by atoms with E-state index in [0.29, 0.717) is 28.7 Å². The van der Waals surface area contributed by atoms with Crippen LogP contribution in [0.25, 0.3) is 22.0 Å². The molecule has 6 rings (SSSR count). The van der Waals surface area contributed by atoms with E-state index in [0.717, 1.165) is 63.5 Å². The number of pyridine rings is 1. The number of piperidine rings is 1. The number of aromatic nitrogens is 3. The molecule has 2 aromatic carbocycles. The fraction of sp³-hybridized carbons (Fsp3) is 0.367. The zero-order valence-electron chi connectivity index (χ0n) is 22.6. The molecule has 10 heteroatoms. The molecule has 2 N–H and O–H groups in total. The van der Waals surface area contributed by atoms with Gasteiger partial charge in [-0.05, 0) is 80.5 Å². The van der Waals surface area contributed by atoms with E-state index in [1.807, 2.05) is 12.1 Å². The standard InChI is InChI=1S/C30H33F2N7O/c1-37-11-13-39(14-12-37)27-8-6-22(18-33-27)34-30(40)29-24-17-21(5-7-26(24)35-36-29)23-15-20(16-25(31)28(23)32)19-38-9-3-2-4-10-38/h5-8,15-18H,2-4,9-14,19H2,1H3,(H,34,40)(H,35,36). The predicted molar refractivity (Wildman–Crippen MR) is 152 cm³/mol. The number of carbonyl (C=O) groups excluding carboxylic acids is 1. The highest BCUT2D eigenvalue weighted by Gasteiger charge is 2.20. The Bertz CT molecular complexity index is 1510. The minimum Gasteiger partial charge on any atom is -0.354 e. The van der Waals surface area contributed by atoms with E-state index in [4.69, 9.17) is 0 Å². The SMILES string of the molecule is CN1CCN(c2ccc(NC(=O)c3n[nH]c4ccc(-c5cc(CN6CCCCC6)cc(F)c5F)cc34)cn2)CC1. The molecular weight excluding hydrogens is 512 g/mol. The molecular formula is C30H33F2N7O. The number of piperazine rings is 1. The highest BCUT2D eigenvalue weighted by molar-refractivity contribution is 6.11. The number of nitrogens with zero attached hydrogens (tertiary/aromatic N) is 5. The molecule has 0 bridgehead atoms. The van der Waals surface area contributed by atoms with E-state index in [1.54, 1.807) is 30.5 Å². The third-order valence-corrected chi connectivity index (χ3v) is 7.86. The maximum absolute atomic E-state index is 15.0. The fourth-order valence-corrected chi connectivity index (χ4v) is 5.55. The molecule has 2 saturated heterocycles. The Morgan fingerprint density at radius 2 is 1.77 bits per heavy atom. The number of hydrogen-bond acceptors (Lipinski definition) is 6. The van der Waals surface area contributed by atoms with E-state index in [9.17, 15) is 9.18 Å². The second kappa shape index (κ2) is 11.3. The molecule has 208 valence electrons. The first-order valence-corrected chi connectivity index (χ1v) is 13.8. The van der Waals surface area contributed by atoms with Crippen molar-refractivity contribution in [1.82, 2.24) is 25.0 Å². The lowest BCUT2D eigenvalue weighted by molar-refractivity contribution is 0.102. The molecule has 0 aliphatic carbocycles. The van der Waals surface area contributed by atoms with Crippen LogP contribution < -0.4 is 10.2 Å². The van der Waals surface area contributed by atoms with Crippen LogP contribution in [0.5, 0.6) is 0 Å². The fourth-order valence-electron chi connectivity index (χ4n) is 5.55. The van der Waals surface area contributed by atoms with Crippen LogP contribution in [0.4, 0.5) is 20.3 Å². The second-order valence-electron chi connectivity index (χ2n) is 10.8. The Morgan fingerprint density at radius 3 is 2.52 bits per heavy atom. The molecule has 0 unspecified atom stereocenters. The molecule has 4 heterocycles. The van der Waals surface area contributed by atoms with Gasteiger partial charge in [0, 0.05) is 43.7 Å². The summed E-state index contributed by atoms with van der Waals surface area (Å²) in [5.74, 6) is -1.31. The van der Waals surface area contributed by atoms with Gasteiger partial charge in [-0.1, -0.05) is 12.5 Å². The minimum absolute atomic E-state index is 0.171. The number of likely N-dealkylation sites (tertiary alicyclic amines) is 1. The van der Waals surface area contributed by atoms with E-state index in [-0.39, 0.29) is 11.3 Å². The number of benzene rings is 2. The first-order valence-electron chi connectivity index (χ1n) is 13.8. The van der Waals surface area contributed by atoms with Crippen molar-refractivity contribution < 1.29 is 13.6 Å². The van der Waals surface area contributed by atoms with Crippen LogP contribution in [0.15, 0.2) is 48.7 Å². The molecule has 2 fully saturated rings. The lowest BCUT2D eigenvalue weighted by Gasteiger charge is -2.33. The molecule has 0 atom stereocenters. The lowest BCUT2D eigenvalue weighted by Crippen LogP contribution is -2.44. The van der Waals surface area contributed by atoms with E-state index in [1.165, 1.54) is 12.5 Å². The van der Waals surface area contributed by atoms with Crippen LogP contribution in [0.3, 0.4) is 0 Å². The second-order valence-corrected chi connectivity index (χ2v) is 10.8. The first-order chi connectivity index (χ1) is 19.4. The number of fused-ring (bicyclic) bond motifs is 1. The number of likely N-dealkylation sites (N-methyl/N-ethyl adjacent to an activating group) is 1. The van der Waals surface area contributed by atoms with Gasteiger partial charge in [0.15, 0.2) is 17.3 Å². The zero-order valence-corrected chi connectivity index (χ0v) is 22.6. The summed E-state index contributed by atoms with van der Waals surface area (Å²) >= 11 is 0. The van der Waals surface area contributed by atoms with Gasteiger partial charge in [0.2, 0.25) is 0 Å². The zero-order chi connectivity index (χ0) is 27.6. The van der Waals surface area contributed by atoms with Crippen molar-refractivity contribution in [3.8, 4) is 11.1 Å². The molecule has 2 aliphatic heterocycles. The van der Waals surface area contributed by atoms with Crippen LogP contribution in [0.2, 0.25) is 0 Å². The van der Waals surface area contributed by atoms with Crippen LogP contribution in [-0.2, 0) is 6.54 Å². The quantitative estimate of drug-likeness (QED) is 0.359. The number of nitrogens with one attached hydrogen (secondary N) is 2. The van der Waals surface area contributed by atoms with Crippen molar-refractivity contribution in [2.75, 3.05) is 56.5 Å². The third-order valence-electron chi connectivity index (χ3n) is 7.86. The largest absolute Gasteiger partial charge is 0.354 e. The summed E-state index contributed by atoms with van der Waals surface area (Å²) in [7, 11) is 2.10. The van der Waals surface area contributed by atoms with Crippen LogP contribution in [-0.4, -0.2) is 77.2 Å². The number of anilines is 2. The van der Waals surface area contributed by atoms with Gasteiger partial charge in [-0.3, -0.25) is 14.8 Å². The normalized spacial score (nSPS) is 16.9. The highest BCUT2D eigenvalue weighted by Crippen LogP contribution is 2.31. The molecule has 1 amide bonds. The van der Waals surface area contributed by atoms with Gasteiger partial charge in [-0.25, -0.2) is 13.8 Å². The summed E-state index contributed by atoms with van der Waals surface area (Å²) in [5.41, 5.74) is 2.73. The van der Waals surface area contributed by atoms with Crippen LogP contribution >= 0.6 is 0 Å². The minimum atomic E-state index is -0.900. The monoisotopic (exact) mass is 545 g/mol. The van der Waals surface area contributed by atoms with Gasteiger partial charge in [-0.15, -0.1) is 0 Å². The van der Waals surface area contributed by atoms with Crippen molar-refractivity contribution in [1.29, 1.82) is 0 Å². The number of carbonyl (C=O) groups is 1. The van der Waals surface area contributed by atoms with Crippen molar-refractivity contribution >= 4 is 28.3 Å². The first kappa shape index (κ1) is 26.3. The number of halogens is 2. The summed E-state index contributed by atoms with van der Waals surface area (Å²) in [5, 5.41) is 10.5. The Balaban J connectivity index is 1.22. The van der Waals surface area contributed by atoms with Gasteiger partial charge in [0.1, 0.15) is 5.82 Å². The average molecular weight is 546 g/mol. The molecule has 2 aromatic heterocycles. The number of amides is 1. The van der Waals surface area contributed by atoms with Gasteiger partial charge in [0.25, 0.3) is 5.91 Å². The molecule has 0 spiro atoms. The summed E-state index contributed by atoms with van der Waals surface area (Å²) in [4.78, 5) is 24.5. The van der Waals surface area contributed by atoms with Crippen molar-refractivity contribution in [2.45, 2.75) is 25.8 Å². The number of aromatic amines is 1. The maximum atomic E-state index is 15.0. The topological polar surface area (TPSA) is 80.4 Å². The summed E-state index contributed by atoms with van der Waals surface area (Å²) in [6, 6.07) is 11.8. The number of rotatable bonds is 6. The molecule has 40 heavy (non-hydrogen) atoms. The predicted octanol–water partition coefficient (Wildman–Crippen LogP) is 4.89. The Labute approximate surface area is 232 Å². The van der Waals surface area contributed by atoms with Gasteiger partial charge in [-0.2, -0.15) is 5.10 Å². The molecule has 0 saturated carbocycles. The summed E-state index contributed by atoms with van der Waals surface area (Å²) in [6.45, 7) is 6.27. The summed E-state index contributed by atoms with van der Waals surface area (Å²) in [6.07, 6.45) is 5.08. The highest BCUT2D eigenvalue weighted by atomic mass is 19.2. The van der Waals surface area contributed by atoms with Crippen molar-refractivity contribution in [3.05, 3.63) is 71.6 Å². The van der Waals surface area contributed by atoms with Crippen molar-refractivity contribution in [3.63, 3.8) is 0 Å². The van der Waals surface area contributed by atoms with Crippen molar-refractivity contribution in [2.24, 2.45) is 0 Å². The Kier molecular flexibility index (Phi) is 7.44. The molecule has 8 nitrogen and oxygen atoms in total. The molecule has 2 aliphatic rings. The van der Waals surface area contributed by atoms with Crippen LogP contribution in [0.1, 0.15) is 35.3 Å². The number of hydrogen-bond donors (Lipinski definition) is 2. The van der Waals surface area contributed by atoms with Gasteiger partial charge < -0.3 is 15.1 Å². The van der Waals surface area contributed by atoms with Gasteiger partial charge >= 0.3 is 0 Å². The van der Waals surface area contributed by atoms with Gasteiger partial charge in [0.05, 0.1) is 17.4 Å². The Hall–Kier alpha value is -3.89. The summed E-state index contributed by atoms with van der Waals surface area (Å²) < 4.78 is 29.7. The van der Waals surface area contributed by atoms with E-state index in [2.05, 4.69) is 42.2 Å². The van der Waals surface area contributed by atoms with E-state index >= 15 is 4.39 Å². The average Bonchev–Trinajstić information content (AvgIpc) is 3.40. The molecule has 0 radical (unpaired) electrons. The third kappa shape index (κ3) is 5.55.